The summed E-state index contributed by atoms with van der Waals surface area (Å²) in [6, 6.07) is 0. The Morgan fingerprint density at radius 2 is 1.83 bits per heavy atom. The second kappa shape index (κ2) is 5.47. The van der Waals surface area contributed by atoms with Gasteiger partial charge in [-0.1, -0.05) is 30.2 Å². The normalized spacial score (nSPS) is 51.0. The molecular formula is C23H36O. The van der Waals surface area contributed by atoms with Crippen LogP contribution >= 0.6 is 0 Å². The van der Waals surface area contributed by atoms with Crippen molar-refractivity contribution in [2.24, 2.45) is 35.0 Å². The van der Waals surface area contributed by atoms with Gasteiger partial charge in [-0.3, -0.25) is 0 Å². The zero-order chi connectivity index (χ0) is 17.3. The Labute approximate surface area is 148 Å². The van der Waals surface area contributed by atoms with Crippen LogP contribution in [-0.2, 0) is 0 Å². The van der Waals surface area contributed by atoms with Crippen molar-refractivity contribution in [1.29, 1.82) is 0 Å². The Balaban J connectivity index is 1.65. The van der Waals surface area contributed by atoms with Crippen LogP contribution in [0.25, 0.3) is 0 Å². The van der Waals surface area contributed by atoms with Crippen molar-refractivity contribution in [3.8, 4) is 0 Å². The van der Waals surface area contributed by atoms with Gasteiger partial charge < -0.3 is 5.11 Å². The second-order valence-electron chi connectivity index (χ2n) is 10.3. The van der Waals surface area contributed by atoms with Crippen molar-refractivity contribution < 1.29 is 5.11 Å². The Bertz CT molecular complexity index is 583. The fourth-order valence-corrected chi connectivity index (χ4v) is 7.61. The van der Waals surface area contributed by atoms with E-state index in [1.807, 2.05) is 6.92 Å². The van der Waals surface area contributed by atoms with E-state index in [-0.39, 0.29) is 0 Å². The zero-order valence-corrected chi connectivity index (χ0v) is 16.2. The van der Waals surface area contributed by atoms with Gasteiger partial charge in [-0.25, -0.2) is 0 Å². The molecule has 134 valence electrons. The van der Waals surface area contributed by atoms with E-state index in [1.54, 1.807) is 11.1 Å². The quantitative estimate of drug-likeness (QED) is 0.595. The van der Waals surface area contributed by atoms with Crippen LogP contribution in [0.4, 0.5) is 0 Å². The van der Waals surface area contributed by atoms with Crippen molar-refractivity contribution in [1.82, 2.24) is 0 Å². The van der Waals surface area contributed by atoms with E-state index in [1.165, 1.54) is 44.1 Å². The molecule has 3 saturated carbocycles. The average molecular weight is 329 g/mol. The number of allylic oxidation sites excluding steroid dienone is 2. The van der Waals surface area contributed by atoms with Crippen LogP contribution in [-0.4, -0.2) is 10.7 Å². The molecule has 7 atom stereocenters. The molecule has 1 N–H and O–H groups in total. The minimum absolute atomic E-state index is 0.457. The van der Waals surface area contributed by atoms with Crippen molar-refractivity contribution >= 4 is 0 Å². The van der Waals surface area contributed by atoms with Gasteiger partial charge in [0, 0.05) is 0 Å². The van der Waals surface area contributed by atoms with Crippen molar-refractivity contribution in [3.05, 3.63) is 23.3 Å². The zero-order valence-electron chi connectivity index (χ0n) is 16.2. The Hall–Kier alpha value is -0.560. The van der Waals surface area contributed by atoms with Crippen LogP contribution in [0.3, 0.4) is 0 Å². The molecule has 0 aliphatic heterocycles. The standard InChI is InChI=1S/C23H36O/c1-14(2)20-6-7-21-18-12-15(3)19-13-22(4,24)10-8-17(19)16(18)9-11-23(20,21)5/h16-18,20-21,24H,1,6-13H2,2-5H3/t16-,17-,18-,20-,21+,22-,23-/m1/s1. The maximum Gasteiger partial charge on any atom is 0.0657 e. The molecule has 24 heavy (non-hydrogen) atoms. The van der Waals surface area contributed by atoms with Gasteiger partial charge in [-0.2, -0.15) is 0 Å². The Morgan fingerprint density at radius 3 is 2.54 bits per heavy atom. The van der Waals surface area contributed by atoms with Crippen LogP contribution in [0.15, 0.2) is 23.3 Å². The summed E-state index contributed by atoms with van der Waals surface area (Å²) in [5, 5.41) is 10.6. The molecule has 0 aromatic carbocycles. The highest BCUT2D eigenvalue weighted by molar-refractivity contribution is 5.27. The van der Waals surface area contributed by atoms with Gasteiger partial charge in [0.15, 0.2) is 0 Å². The number of hydrogen-bond acceptors (Lipinski definition) is 1. The summed E-state index contributed by atoms with van der Waals surface area (Å²) in [7, 11) is 0. The average Bonchev–Trinajstić information content (AvgIpc) is 2.85. The molecule has 3 fully saturated rings. The number of hydrogen-bond donors (Lipinski definition) is 1. The van der Waals surface area contributed by atoms with Gasteiger partial charge in [-0.05, 0) is 107 Å². The van der Waals surface area contributed by atoms with Crippen LogP contribution in [0.2, 0.25) is 0 Å². The molecule has 4 aliphatic rings. The third kappa shape index (κ3) is 2.37. The Morgan fingerprint density at radius 1 is 1.08 bits per heavy atom. The van der Waals surface area contributed by atoms with Crippen LogP contribution in [0.1, 0.15) is 79.1 Å². The molecule has 1 heteroatoms. The summed E-state index contributed by atoms with van der Waals surface area (Å²) >= 11 is 0. The summed E-state index contributed by atoms with van der Waals surface area (Å²) < 4.78 is 0. The van der Waals surface area contributed by atoms with Crippen molar-refractivity contribution in [3.63, 3.8) is 0 Å². The summed E-state index contributed by atoms with van der Waals surface area (Å²) in [4.78, 5) is 0. The van der Waals surface area contributed by atoms with E-state index in [9.17, 15) is 5.11 Å². The fourth-order valence-electron chi connectivity index (χ4n) is 7.61. The highest BCUT2D eigenvalue weighted by Gasteiger charge is 2.56. The van der Waals surface area contributed by atoms with E-state index >= 15 is 0 Å². The van der Waals surface area contributed by atoms with Crippen molar-refractivity contribution in [2.75, 3.05) is 0 Å². The summed E-state index contributed by atoms with van der Waals surface area (Å²) in [6.45, 7) is 13.6. The van der Waals surface area contributed by atoms with E-state index < -0.39 is 5.60 Å². The predicted octanol–water partition coefficient (Wildman–Crippen LogP) is 5.89. The first-order chi connectivity index (χ1) is 11.2. The summed E-state index contributed by atoms with van der Waals surface area (Å²) in [6.07, 6.45) is 10.0. The fraction of sp³-hybridized carbons (Fsp3) is 0.826. The first kappa shape index (κ1) is 16.9. The number of rotatable bonds is 1. The number of aliphatic hydroxyl groups is 1. The van der Waals surface area contributed by atoms with Gasteiger partial charge in [0.25, 0.3) is 0 Å². The molecule has 0 amide bonds. The van der Waals surface area contributed by atoms with E-state index in [4.69, 9.17) is 0 Å². The lowest BCUT2D eigenvalue weighted by Gasteiger charge is -2.55. The lowest BCUT2D eigenvalue weighted by Crippen LogP contribution is -2.48. The topological polar surface area (TPSA) is 20.2 Å². The highest BCUT2D eigenvalue weighted by Crippen LogP contribution is 2.65. The smallest absolute Gasteiger partial charge is 0.0657 e. The molecule has 0 radical (unpaired) electrons. The maximum atomic E-state index is 10.6. The number of fused-ring (bicyclic) bond motifs is 5. The van der Waals surface area contributed by atoms with Crippen LogP contribution < -0.4 is 0 Å². The lowest BCUT2D eigenvalue weighted by atomic mass is 9.50. The third-order valence-electron chi connectivity index (χ3n) is 8.71. The molecule has 0 aromatic heterocycles. The van der Waals surface area contributed by atoms with E-state index in [0.717, 1.165) is 42.4 Å². The van der Waals surface area contributed by atoms with Gasteiger partial charge >= 0.3 is 0 Å². The van der Waals surface area contributed by atoms with Gasteiger partial charge in [0.05, 0.1) is 5.60 Å². The SMILES string of the molecule is C=C(C)[C@H]1CC[C@H]2[C@@H]3CC(C)=C4C[C@](C)(O)CC[C@@H]4[C@H]3CC[C@]12C. The third-order valence-corrected chi connectivity index (χ3v) is 8.71. The first-order valence-electron chi connectivity index (χ1n) is 10.3. The Kier molecular flexibility index (Phi) is 3.85. The second-order valence-corrected chi connectivity index (χ2v) is 10.3. The molecule has 4 rings (SSSR count). The minimum atomic E-state index is -0.457. The van der Waals surface area contributed by atoms with Gasteiger partial charge in [-0.15, -0.1) is 0 Å². The molecule has 4 aliphatic carbocycles. The molecule has 0 aromatic rings. The van der Waals surface area contributed by atoms with Gasteiger partial charge in [0.1, 0.15) is 0 Å². The molecule has 0 bridgehead atoms. The summed E-state index contributed by atoms with van der Waals surface area (Å²) in [5.74, 6) is 4.21. The first-order valence-corrected chi connectivity index (χ1v) is 10.3. The molecule has 0 unspecified atom stereocenters. The van der Waals surface area contributed by atoms with E-state index in [2.05, 4.69) is 27.4 Å². The predicted molar refractivity (Wildman–Crippen MR) is 101 cm³/mol. The van der Waals surface area contributed by atoms with Crippen LogP contribution in [0.5, 0.6) is 0 Å². The molecule has 0 saturated heterocycles. The van der Waals surface area contributed by atoms with Crippen molar-refractivity contribution in [2.45, 2.75) is 84.7 Å². The molecule has 0 spiro atoms. The minimum Gasteiger partial charge on any atom is -0.390 e. The maximum absolute atomic E-state index is 10.6. The largest absolute Gasteiger partial charge is 0.390 e. The van der Waals surface area contributed by atoms with Gasteiger partial charge in [0.2, 0.25) is 0 Å². The molecule has 0 heterocycles. The molecule has 1 nitrogen and oxygen atoms in total. The molecular weight excluding hydrogens is 292 g/mol. The van der Waals surface area contributed by atoms with E-state index in [0.29, 0.717) is 5.41 Å². The lowest BCUT2D eigenvalue weighted by molar-refractivity contribution is -0.0311. The highest BCUT2D eigenvalue weighted by atomic mass is 16.3. The monoisotopic (exact) mass is 328 g/mol. The van der Waals surface area contributed by atoms with Crippen LogP contribution in [0, 0.1) is 35.0 Å². The summed E-state index contributed by atoms with van der Waals surface area (Å²) in [5.41, 5.74) is 4.75.